The van der Waals surface area contributed by atoms with Crippen LogP contribution in [-0.4, -0.2) is 70.0 Å². The monoisotopic (exact) mass is 783 g/mol. The molecule has 0 aromatic carbocycles. The molecule has 0 aliphatic carbocycles. The van der Waals surface area contributed by atoms with Crippen LogP contribution >= 0.6 is 7.82 Å². The fraction of sp³-hybridized carbons (Fsp3) is 0.511. The molecule has 0 heterocycles. The molecule has 0 aliphatic heterocycles. The van der Waals surface area contributed by atoms with Crippen molar-refractivity contribution in [2.75, 3.05) is 47.5 Å². The van der Waals surface area contributed by atoms with Crippen molar-refractivity contribution in [2.24, 2.45) is 0 Å². The summed E-state index contributed by atoms with van der Waals surface area (Å²) in [5, 5.41) is 0. The van der Waals surface area contributed by atoms with Crippen molar-refractivity contribution in [3.8, 4) is 0 Å². The highest BCUT2D eigenvalue weighted by atomic mass is 31.2. The molecule has 55 heavy (non-hydrogen) atoms. The molecule has 0 saturated carbocycles. The molecular formula is C45H70NO8P. The van der Waals surface area contributed by atoms with Gasteiger partial charge in [0, 0.05) is 12.8 Å². The highest BCUT2D eigenvalue weighted by Crippen LogP contribution is 2.38. The van der Waals surface area contributed by atoms with E-state index in [1.807, 2.05) is 112 Å². The van der Waals surface area contributed by atoms with Crippen LogP contribution in [0.3, 0.4) is 0 Å². The number of allylic oxidation sites excluding steroid dienone is 20. The van der Waals surface area contributed by atoms with Crippen molar-refractivity contribution in [3.63, 3.8) is 0 Å². The van der Waals surface area contributed by atoms with Gasteiger partial charge in [0.2, 0.25) is 0 Å². The molecule has 0 spiro atoms. The van der Waals surface area contributed by atoms with Crippen molar-refractivity contribution in [3.05, 3.63) is 122 Å². The number of hydrogen-bond acceptors (Lipinski definition) is 8. The lowest BCUT2D eigenvalue weighted by atomic mass is 10.1. The topological polar surface area (TPSA) is 111 Å². The second-order valence-corrected chi connectivity index (χ2v) is 15.2. The molecule has 0 N–H and O–H groups in total. The minimum absolute atomic E-state index is 0.0573. The van der Waals surface area contributed by atoms with E-state index in [0.717, 1.165) is 51.4 Å². The summed E-state index contributed by atoms with van der Waals surface area (Å²) in [7, 11) is 1.07. The normalized spacial score (nSPS) is 14.9. The van der Waals surface area contributed by atoms with Crippen LogP contribution < -0.4 is 4.89 Å². The van der Waals surface area contributed by atoms with Crippen LogP contribution in [0.25, 0.3) is 0 Å². The first kappa shape index (κ1) is 51.4. The number of rotatable bonds is 33. The van der Waals surface area contributed by atoms with E-state index in [0.29, 0.717) is 30.3 Å². The zero-order valence-corrected chi connectivity index (χ0v) is 35.2. The van der Waals surface area contributed by atoms with E-state index in [2.05, 4.69) is 44.2 Å². The van der Waals surface area contributed by atoms with E-state index in [1.54, 1.807) is 0 Å². The van der Waals surface area contributed by atoms with Gasteiger partial charge in [-0.05, 0) is 44.9 Å². The highest BCUT2D eigenvalue weighted by molar-refractivity contribution is 7.45. The average molecular weight is 784 g/mol. The third-order valence-electron chi connectivity index (χ3n) is 7.45. The summed E-state index contributed by atoms with van der Waals surface area (Å²) >= 11 is 0. The molecule has 0 aromatic heterocycles. The van der Waals surface area contributed by atoms with Gasteiger partial charge in [-0.1, -0.05) is 161 Å². The molecule has 0 aromatic rings. The maximum absolute atomic E-state index is 12.6. The van der Waals surface area contributed by atoms with Gasteiger partial charge in [0.1, 0.15) is 19.8 Å². The lowest BCUT2D eigenvalue weighted by molar-refractivity contribution is -0.870. The summed E-state index contributed by atoms with van der Waals surface area (Å²) in [6, 6.07) is 0. The third kappa shape index (κ3) is 39.9. The lowest BCUT2D eigenvalue weighted by Gasteiger charge is -2.28. The summed E-state index contributed by atoms with van der Waals surface area (Å²) in [4.78, 5) is 37.4. The van der Waals surface area contributed by atoms with Crippen LogP contribution in [0.15, 0.2) is 122 Å². The number of unbranched alkanes of at least 4 members (excludes halogenated alkanes) is 7. The molecule has 10 heteroatoms. The van der Waals surface area contributed by atoms with Crippen LogP contribution in [0.2, 0.25) is 0 Å². The first-order valence-electron chi connectivity index (χ1n) is 19.9. The van der Waals surface area contributed by atoms with Crippen LogP contribution in [-0.2, 0) is 32.7 Å². The minimum atomic E-state index is -4.66. The summed E-state index contributed by atoms with van der Waals surface area (Å²) in [5.74, 6) is -0.969. The zero-order valence-electron chi connectivity index (χ0n) is 34.3. The number of phosphoric acid groups is 1. The summed E-state index contributed by atoms with van der Waals surface area (Å²) in [6.07, 6.45) is 49.5. The number of likely N-dealkylation sites (N-methyl/N-ethyl adjacent to an activating group) is 1. The average Bonchev–Trinajstić information content (AvgIpc) is 3.13. The molecule has 0 saturated heterocycles. The maximum atomic E-state index is 12.6. The molecule has 308 valence electrons. The van der Waals surface area contributed by atoms with Gasteiger partial charge in [-0.15, -0.1) is 0 Å². The standard InChI is InChI=1S/C45H70NO8P/c1-6-8-10-12-14-16-18-20-21-22-23-24-26-27-29-31-33-35-37-44(47)51-41-43(42-53-55(49,50)52-40-39-46(3,4)5)54-45(48)38-36-34-32-30-28-25-19-17-15-13-11-9-7-2/h9-25,28,30,32,43H,6-8,26-27,29,31,33-42H2,1-5H3/b11-9+,12-10+,15-13+,16-14+,19-17+,20-18+,22-21+,24-23+,28-25+,32-30+. The van der Waals surface area contributed by atoms with Gasteiger partial charge in [-0.3, -0.25) is 14.2 Å². The number of carbonyl (C=O) groups excluding carboxylic acids is 2. The molecule has 0 rings (SSSR count). The van der Waals surface area contributed by atoms with Crippen LogP contribution in [0.4, 0.5) is 0 Å². The molecule has 0 bridgehead atoms. The maximum Gasteiger partial charge on any atom is 0.306 e. The second-order valence-electron chi connectivity index (χ2n) is 13.8. The second kappa shape index (κ2) is 36.1. The number of phosphoric ester groups is 1. The zero-order chi connectivity index (χ0) is 40.7. The summed E-state index contributed by atoms with van der Waals surface area (Å²) in [6.45, 7) is 3.82. The number of carbonyl (C=O) groups is 2. The van der Waals surface area contributed by atoms with Gasteiger partial charge in [-0.2, -0.15) is 0 Å². The Balaban J connectivity index is 4.60. The number of nitrogens with zero attached hydrogens (tertiary/aromatic N) is 1. The first-order valence-corrected chi connectivity index (χ1v) is 21.3. The Bertz CT molecular complexity index is 1340. The Morgan fingerprint density at radius 3 is 1.60 bits per heavy atom. The van der Waals surface area contributed by atoms with Crippen LogP contribution in [0, 0.1) is 0 Å². The Labute approximate surface area is 333 Å². The summed E-state index contributed by atoms with van der Waals surface area (Å²) in [5.41, 5.74) is 0. The quantitative estimate of drug-likeness (QED) is 0.0213. The van der Waals surface area contributed by atoms with Gasteiger partial charge in [-0.25, -0.2) is 0 Å². The Hall–Kier alpha value is -3.59. The molecule has 0 amide bonds. The van der Waals surface area contributed by atoms with Crippen LogP contribution in [0.5, 0.6) is 0 Å². The molecule has 0 fully saturated rings. The Morgan fingerprint density at radius 1 is 0.582 bits per heavy atom. The Morgan fingerprint density at radius 2 is 1.05 bits per heavy atom. The van der Waals surface area contributed by atoms with Crippen molar-refractivity contribution in [2.45, 2.75) is 103 Å². The van der Waals surface area contributed by atoms with E-state index in [4.69, 9.17) is 18.5 Å². The largest absolute Gasteiger partial charge is 0.756 e. The third-order valence-corrected chi connectivity index (χ3v) is 8.42. The van der Waals surface area contributed by atoms with Gasteiger partial charge < -0.3 is 27.9 Å². The van der Waals surface area contributed by atoms with Gasteiger partial charge in [0.25, 0.3) is 7.82 Å². The Kier molecular flexibility index (Phi) is 33.7. The van der Waals surface area contributed by atoms with Crippen molar-refractivity contribution < 1.29 is 42.1 Å². The van der Waals surface area contributed by atoms with Crippen molar-refractivity contribution >= 4 is 19.8 Å². The molecule has 0 aliphatic rings. The van der Waals surface area contributed by atoms with E-state index >= 15 is 0 Å². The fourth-order valence-electron chi connectivity index (χ4n) is 4.36. The molecule has 2 unspecified atom stereocenters. The lowest BCUT2D eigenvalue weighted by Crippen LogP contribution is -2.37. The van der Waals surface area contributed by atoms with E-state index in [1.165, 1.54) is 0 Å². The van der Waals surface area contributed by atoms with Gasteiger partial charge in [0.05, 0.1) is 27.7 Å². The number of hydrogen-bond donors (Lipinski definition) is 0. The van der Waals surface area contributed by atoms with E-state index in [-0.39, 0.29) is 26.1 Å². The van der Waals surface area contributed by atoms with Crippen LogP contribution in [0.1, 0.15) is 97.3 Å². The smallest absolute Gasteiger partial charge is 0.306 e. The molecule has 9 nitrogen and oxygen atoms in total. The first-order chi connectivity index (χ1) is 26.5. The van der Waals surface area contributed by atoms with Crippen molar-refractivity contribution in [1.82, 2.24) is 0 Å². The predicted octanol–water partition coefficient (Wildman–Crippen LogP) is 10.3. The van der Waals surface area contributed by atoms with E-state index in [9.17, 15) is 19.0 Å². The number of esters is 2. The number of quaternary nitrogens is 1. The SMILES string of the molecule is CC/C=C/C=C/C=C/C=C/C=C/CCCC(=O)OC(COC(=O)CCCCCCC/C=C/C=C/C=C/C=C/C=C/CCC)COP(=O)([O-])OCC[N+](C)(C)C. The fourth-order valence-corrected chi connectivity index (χ4v) is 5.09. The molecule has 2 atom stereocenters. The minimum Gasteiger partial charge on any atom is -0.756 e. The van der Waals surface area contributed by atoms with Gasteiger partial charge in [0.15, 0.2) is 6.10 Å². The number of ether oxygens (including phenoxy) is 2. The van der Waals surface area contributed by atoms with E-state index < -0.39 is 32.5 Å². The molecular weight excluding hydrogens is 713 g/mol. The summed E-state index contributed by atoms with van der Waals surface area (Å²) < 4.78 is 33.7. The molecule has 0 radical (unpaired) electrons. The predicted molar refractivity (Wildman–Crippen MR) is 226 cm³/mol. The van der Waals surface area contributed by atoms with Gasteiger partial charge >= 0.3 is 11.9 Å². The highest BCUT2D eigenvalue weighted by Gasteiger charge is 2.21. The van der Waals surface area contributed by atoms with Crippen molar-refractivity contribution in [1.29, 1.82) is 0 Å².